The van der Waals surface area contributed by atoms with E-state index in [1.54, 1.807) is 0 Å². The van der Waals surface area contributed by atoms with Gasteiger partial charge in [-0.25, -0.2) is 4.79 Å². The predicted octanol–water partition coefficient (Wildman–Crippen LogP) is 0.837. The molecular weight excluding hydrogens is 246 g/mol. The van der Waals surface area contributed by atoms with Gasteiger partial charge in [-0.2, -0.15) is 0 Å². The van der Waals surface area contributed by atoms with Crippen molar-refractivity contribution in [3.05, 3.63) is 34.2 Å². The maximum Gasteiger partial charge on any atom is 0.323 e. The molecule has 3 rings (SSSR count). The number of imidazole rings is 1. The Bertz CT molecular complexity index is 688. The van der Waals surface area contributed by atoms with Crippen LogP contribution in [0, 0.1) is 11.8 Å². The highest BCUT2D eigenvalue weighted by atomic mass is 16.4. The molecule has 1 heterocycles. The molecule has 0 saturated heterocycles. The van der Waals surface area contributed by atoms with Crippen molar-refractivity contribution in [2.75, 3.05) is 7.05 Å². The van der Waals surface area contributed by atoms with Gasteiger partial charge in [-0.15, -0.1) is 0 Å². The molecule has 1 aromatic heterocycles. The third-order valence-corrected chi connectivity index (χ3v) is 3.80. The minimum atomic E-state index is -0.735. The molecule has 3 atom stereocenters. The van der Waals surface area contributed by atoms with Gasteiger partial charge in [0.1, 0.15) is 0 Å². The number of rotatable bonds is 4. The quantitative estimate of drug-likeness (QED) is 0.655. The van der Waals surface area contributed by atoms with E-state index in [4.69, 9.17) is 5.11 Å². The van der Waals surface area contributed by atoms with Crippen LogP contribution in [0.5, 0.6) is 0 Å². The van der Waals surface area contributed by atoms with Crippen LogP contribution in [-0.4, -0.2) is 28.1 Å². The Morgan fingerprint density at radius 2 is 2.16 bits per heavy atom. The first-order valence-corrected chi connectivity index (χ1v) is 6.22. The first kappa shape index (κ1) is 12.0. The summed E-state index contributed by atoms with van der Waals surface area (Å²) in [5.41, 5.74) is 2.27. The number of fused-ring (bicyclic) bond motifs is 1. The van der Waals surface area contributed by atoms with E-state index in [2.05, 4.69) is 15.3 Å². The molecule has 19 heavy (non-hydrogen) atoms. The van der Waals surface area contributed by atoms with Crippen molar-refractivity contribution >= 4 is 17.0 Å². The molecule has 0 aliphatic heterocycles. The lowest BCUT2D eigenvalue weighted by Gasteiger charge is -2.16. The number of carboxylic acid groups (broad SMARTS) is 1. The first-order valence-electron chi connectivity index (χ1n) is 6.22. The lowest BCUT2D eigenvalue weighted by molar-refractivity contribution is -0.138. The van der Waals surface area contributed by atoms with E-state index in [1.807, 2.05) is 25.2 Å². The Kier molecular flexibility index (Phi) is 2.67. The van der Waals surface area contributed by atoms with E-state index in [1.165, 1.54) is 0 Å². The molecule has 6 nitrogen and oxygen atoms in total. The van der Waals surface area contributed by atoms with Crippen LogP contribution in [0.15, 0.2) is 23.0 Å². The van der Waals surface area contributed by atoms with Crippen molar-refractivity contribution in [1.29, 1.82) is 0 Å². The summed E-state index contributed by atoms with van der Waals surface area (Å²) in [6, 6.07) is 5.66. The standard InChI is InChI=1S/C13H15N3O3/c1-14-11(7-5-8(7)12(17)18)6-2-3-9-10(4-6)16-13(19)15-9/h2-4,7-8,11,14H,5H2,1H3,(H,17,18)(H2,15,16,19). The SMILES string of the molecule is CNC(c1ccc2[nH]c(=O)[nH]c2c1)C1CC1C(=O)O. The molecule has 1 aromatic carbocycles. The number of H-pyrrole nitrogens is 2. The van der Waals surface area contributed by atoms with Gasteiger partial charge >= 0.3 is 11.7 Å². The fourth-order valence-corrected chi connectivity index (χ4v) is 2.74. The van der Waals surface area contributed by atoms with Crippen LogP contribution < -0.4 is 11.0 Å². The molecule has 0 amide bonds. The second kappa shape index (κ2) is 4.24. The highest BCUT2D eigenvalue weighted by molar-refractivity contribution is 5.76. The molecule has 2 aromatic rings. The summed E-state index contributed by atoms with van der Waals surface area (Å²) in [6.45, 7) is 0. The van der Waals surface area contributed by atoms with Gasteiger partial charge in [-0.05, 0) is 37.1 Å². The molecule has 1 saturated carbocycles. The number of carbonyl (C=O) groups is 1. The molecular formula is C13H15N3O3. The van der Waals surface area contributed by atoms with Crippen LogP contribution in [0.1, 0.15) is 18.0 Å². The Labute approximate surface area is 108 Å². The average molecular weight is 261 g/mol. The average Bonchev–Trinajstić information content (AvgIpc) is 3.05. The Morgan fingerprint density at radius 1 is 1.42 bits per heavy atom. The highest BCUT2D eigenvalue weighted by Gasteiger charge is 2.47. The number of benzene rings is 1. The molecule has 0 radical (unpaired) electrons. The first-order chi connectivity index (χ1) is 9.10. The molecule has 4 N–H and O–H groups in total. The van der Waals surface area contributed by atoms with Crippen molar-refractivity contribution in [3.8, 4) is 0 Å². The van der Waals surface area contributed by atoms with Crippen LogP contribution >= 0.6 is 0 Å². The van der Waals surface area contributed by atoms with E-state index >= 15 is 0 Å². The van der Waals surface area contributed by atoms with Crippen molar-refractivity contribution in [1.82, 2.24) is 15.3 Å². The van der Waals surface area contributed by atoms with E-state index in [9.17, 15) is 9.59 Å². The summed E-state index contributed by atoms with van der Waals surface area (Å²) in [5, 5.41) is 12.2. The van der Waals surface area contributed by atoms with E-state index < -0.39 is 5.97 Å². The summed E-state index contributed by atoms with van der Waals surface area (Å²) in [6.07, 6.45) is 0.697. The van der Waals surface area contributed by atoms with E-state index in [-0.39, 0.29) is 23.6 Å². The minimum Gasteiger partial charge on any atom is -0.481 e. The largest absolute Gasteiger partial charge is 0.481 e. The van der Waals surface area contributed by atoms with Gasteiger partial charge in [0, 0.05) is 6.04 Å². The second-order valence-electron chi connectivity index (χ2n) is 4.99. The minimum absolute atomic E-state index is 0.00361. The van der Waals surface area contributed by atoms with Crippen LogP contribution in [0.25, 0.3) is 11.0 Å². The fraction of sp³-hybridized carbons (Fsp3) is 0.385. The number of aromatic nitrogens is 2. The summed E-state index contributed by atoms with van der Waals surface area (Å²) in [7, 11) is 1.83. The predicted molar refractivity (Wildman–Crippen MR) is 70.0 cm³/mol. The number of aromatic amines is 2. The van der Waals surface area contributed by atoms with Crippen LogP contribution in [-0.2, 0) is 4.79 Å². The van der Waals surface area contributed by atoms with Crippen molar-refractivity contribution in [2.45, 2.75) is 12.5 Å². The number of hydrogen-bond acceptors (Lipinski definition) is 3. The molecule has 6 heteroatoms. The lowest BCUT2D eigenvalue weighted by atomic mass is 10.0. The number of hydrogen-bond donors (Lipinski definition) is 4. The summed E-state index contributed by atoms with van der Waals surface area (Å²) < 4.78 is 0. The molecule has 100 valence electrons. The molecule has 0 spiro atoms. The third kappa shape index (κ3) is 2.04. The maximum atomic E-state index is 11.2. The number of aliphatic carboxylic acids is 1. The van der Waals surface area contributed by atoms with Crippen LogP contribution in [0.4, 0.5) is 0 Å². The smallest absolute Gasteiger partial charge is 0.323 e. The van der Waals surface area contributed by atoms with Crippen molar-refractivity contribution in [3.63, 3.8) is 0 Å². The Balaban J connectivity index is 1.93. The third-order valence-electron chi connectivity index (χ3n) is 3.80. The zero-order chi connectivity index (χ0) is 13.6. The highest BCUT2D eigenvalue weighted by Crippen LogP contribution is 2.47. The topological polar surface area (TPSA) is 98.0 Å². The molecule has 1 fully saturated rings. The Hall–Kier alpha value is -2.08. The van der Waals surface area contributed by atoms with Gasteiger partial charge < -0.3 is 20.4 Å². The van der Waals surface area contributed by atoms with E-state index in [0.29, 0.717) is 6.42 Å². The van der Waals surface area contributed by atoms with E-state index in [0.717, 1.165) is 16.6 Å². The number of carboxylic acids is 1. The molecule has 1 aliphatic rings. The number of nitrogens with one attached hydrogen (secondary N) is 3. The van der Waals surface area contributed by atoms with Gasteiger partial charge in [0.05, 0.1) is 17.0 Å². The zero-order valence-electron chi connectivity index (χ0n) is 10.4. The van der Waals surface area contributed by atoms with Gasteiger partial charge in [0.2, 0.25) is 0 Å². The van der Waals surface area contributed by atoms with Crippen molar-refractivity contribution < 1.29 is 9.90 Å². The molecule has 1 aliphatic carbocycles. The maximum absolute atomic E-state index is 11.2. The van der Waals surface area contributed by atoms with Crippen LogP contribution in [0.3, 0.4) is 0 Å². The normalized spacial score (nSPS) is 23.4. The second-order valence-corrected chi connectivity index (χ2v) is 4.99. The van der Waals surface area contributed by atoms with Gasteiger partial charge in [0.25, 0.3) is 0 Å². The zero-order valence-corrected chi connectivity index (χ0v) is 10.4. The summed E-state index contributed by atoms with van der Waals surface area (Å²) in [5.74, 6) is -0.884. The van der Waals surface area contributed by atoms with Crippen LogP contribution in [0.2, 0.25) is 0 Å². The lowest BCUT2D eigenvalue weighted by Crippen LogP contribution is -2.20. The summed E-state index contributed by atoms with van der Waals surface area (Å²) >= 11 is 0. The Morgan fingerprint density at radius 3 is 2.79 bits per heavy atom. The van der Waals surface area contributed by atoms with Gasteiger partial charge in [-0.1, -0.05) is 6.07 Å². The molecule has 3 unspecified atom stereocenters. The van der Waals surface area contributed by atoms with Gasteiger partial charge in [0.15, 0.2) is 0 Å². The van der Waals surface area contributed by atoms with Gasteiger partial charge in [-0.3, -0.25) is 4.79 Å². The fourth-order valence-electron chi connectivity index (χ4n) is 2.74. The monoisotopic (exact) mass is 261 g/mol. The molecule has 0 bridgehead atoms. The van der Waals surface area contributed by atoms with Crippen molar-refractivity contribution in [2.24, 2.45) is 11.8 Å². The summed E-state index contributed by atoms with van der Waals surface area (Å²) in [4.78, 5) is 27.6.